The van der Waals surface area contributed by atoms with E-state index in [1.807, 2.05) is 18.6 Å². The van der Waals surface area contributed by atoms with Crippen molar-refractivity contribution >= 4 is 5.69 Å². The highest BCUT2D eigenvalue weighted by molar-refractivity contribution is 5.47. The Labute approximate surface area is 124 Å². The first-order chi connectivity index (χ1) is 10.2. The van der Waals surface area contributed by atoms with E-state index in [1.54, 1.807) is 14.2 Å². The van der Waals surface area contributed by atoms with Crippen LogP contribution >= 0.6 is 0 Å². The zero-order valence-electron chi connectivity index (χ0n) is 12.5. The van der Waals surface area contributed by atoms with Crippen molar-refractivity contribution in [2.24, 2.45) is 0 Å². The number of aryl methyl sites for hydroxylation is 1. The van der Waals surface area contributed by atoms with Crippen LogP contribution in [-0.2, 0) is 15.9 Å². The Morgan fingerprint density at radius 1 is 1.33 bits per heavy atom. The second-order valence-corrected chi connectivity index (χ2v) is 5.40. The van der Waals surface area contributed by atoms with E-state index in [0.29, 0.717) is 0 Å². The summed E-state index contributed by atoms with van der Waals surface area (Å²) in [6.45, 7) is 0. The Bertz CT molecular complexity index is 620. The molecule has 0 spiro atoms. The van der Waals surface area contributed by atoms with E-state index in [0.717, 1.165) is 30.6 Å². The van der Waals surface area contributed by atoms with Crippen LogP contribution in [0.2, 0.25) is 0 Å². The molecule has 0 aliphatic heterocycles. The van der Waals surface area contributed by atoms with Crippen molar-refractivity contribution in [2.45, 2.75) is 31.6 Å². The number of hydrogen-bond acceptors (Lipinski definition) is 4. The molecule has 1 unspecified atom stereocenters. The van der Waals surface area contributed by atoms with E-state index in [-0.39, 0.29) is 6.04 Å². The van der Waals surface area contributed by atoms with Gasteiger partial charge in [-0.1, -0.05) is 6.07 Å². The van der Waals surface area contributed by atoms with Crippen LogP contribution in [0.15, 0.2) is 30.7 Å². The Morgan fingerprint density at radius 3 is 2.90 bits per heavy atom. The van der Waals surface area contributed by atoms with Gasteiger partial charge in [0.1, 0.15) is 0 Å². The van der Waals surface area contributed by atoms with Crippen LogP contribution in [-0.4, -0.2) is 23.8 Å². The molecular weight excluding hydrogens is 266 g/mol. The minimum Gasteiger partial charge on any atom is -0.399 e. The molecule has 3 rings (SSSR count). The Kier molecular flexibility index (Phi) is 3.94. The summed E-state index contributed by atoms with van der Waals surface area (Å²) in [6, 6.07) is 6.45. The van der Waals surface area contributed by atoms with Gasteiger partial charge in [-0.2, -0.15) is 0 Å². The Morgan fingerprint density at radius 2 is 2.14 bits per heavy atom. The third-order valence-electron chi connectivity index (χ3n) is 4.15. The molecule has 2 N–H and O–H groups in total. The van der Waals surface area contributed by atoms with Gasteiger partial charge >= 0.3 is 0 Å². The summed E-state index contributed by atoms with van der Waals surface area (Å²) in [5, 5.41) is 0. The van der Waals surface area contributed by atoms with Gasteiger partial charge in [0.25, 0.3) is 0 Å². The van der Waals surface area contributed by atoms with Crippen molar-refractivity contribution in [1.82, 2.24) is 9.55 Å². The largest absolute Gasteiger partial charge is 0.399 e. The maximum Gasteiger partial charge on any atom is 0.200 e. The summed E-state index contributed by atoms with van der Waals surface area (Å²) < 4.78 is 12.9. The van der Waals surface area contributed by atoms with Crippen LogP contribution in [0, 0.1) is 0 Å². The molecule has 1 atom stereocenters. The summed E-state index contributed by atoms with van der Waals surface area (Å²) >= 11 is 0. The Hall–Kier alpha value is -1.85. The van der Waals surface area contributed by atoms with Crippen LogP contribution in [0.4, 0.5) is 5.69 Å². The predicted octanol–water partition coefficient (Wildman–Crippen LogP) is 2.68. The number of fused-ring (bicyclic) bond motifs is 1. The lowest BCUT2D eigenvalue weighted by molar-refractivity contribution is -0.110. The molecule has 1 heterocycles. The van der Waals surface area contributed by atoms with E-state index in [4.69, 9.17) is 15.2 Å². The number of nitrogen functional groups attached to an aromatic ring is 1. The first-order valence-electron chi connectivity index (χ1n) is 7.20. The molecule has 21 heavy (non-hydrogen) atoms. The summed E-state index contributed by atoms with van der Waals surface area (Å²) in [5.41, 5.74) is 10.3. The van der Waals surface area contributed by atoms with Gasteiger partial charge in [0, 0.05) is 19.9 Å². The molecule has 0 radical (unpaired) electrons. The average Bonchev–Trinajstić information content (AvgIpc) is 2.97. The number of benzene rings is 1. The van der Waals surface area contributed by atoms with Gasteiger partial charge in [-0.05, 0) is 42.5 Å². The van der Waals surface area contributed by atoms with Gasteiger partial charge in [0.2, 0.25) is 0 Å². The zero-order valence-corrected chi connectivity index (χ0v) is 12.5. The van der Waals surface area contributed by atoms with Crippen molar-refractivity contribution in [1.29, 1.82) is 0 Å². The van der Waals surface area contributed by atoms with Crippen LogP contribution in [0.3, 0.4) is 0 Å². The van der Waals surface area contributed by atoms with Gasteiger partial charge in [-0.3, -0.25) is 0 Å². The van der Waals surface area contributed by atoms with Crippen molar-refractivity contribution in [3.8, 4) is 0 Å². The lowest BCUT2D eigenvalue weighted by atomic mass is 9.87. The third-order valence-corrected chi connectivity index (χ3v) is 4.15. The molecule has 112 valence electrons. The number of anilines is 1. The number of aromatic nitrogens is 2. The number of imidazole rings is 1. The van der Waals surface area contributed by atoms with Crippen LogP contribution in [0.1, 0.15) is 42.0 Å². The lowest BCUT2D eigenvalue weighted by Gasteiger charge is -2.29. The first-order valence-corrected chi connectivity index (χ1v) is 7.20. The van der Waals surface area contributed by atoms with E-state index in [9.17, 15) is 0 Å². The topological polar surface area (TPSA) is 62.3 Å². The monoisotopic (exact) mass is 287 g/mol. The molecule has 1 aliphatic rings. The number of hydrogen-bond donors (Lipinski definition) is 1. The molecule has 2 aromatic rings. The highest BCUT2D eigenvalue weighted by Gasteiger charge is 2.25. The van der Waals surface area contributed by atoms with E-state index >= 15 is 0 Å². The van der Waals surface area contributed by atoms with Crippen molar-refractivity contribution in [3.05, 3.63) is 47.5 Å². The average molecular weight is 287 g/mol. The van der Waals surface area contributed by atoms with Gasteiger partial charge in [-0.15, -0.1) is 0 Å². The molecule has 0 fully saturated rings. The quantitative estimate of drug-likeness (QED) is 0.693. The molecular formula is C16H21N3O2. The lowest BCUT2D eigenvalue weighted by Crippen LogP contribution is -2.20. The van der Waals surface area contributed by atoms with Crippen LogP contribution in [0.5, 0.6) is 0 Å². The molecule has 0 saturated heterocycles. The molecule has 5 heteroatoms. The standard InChI is InChI=1S/C16H21N3O2/c1-20-16(21-2)15-9-18-10-19(15)14-5-3-4-11-8-12(17)6-7-13(11)14/h6-10,14,16H,3-5,17H2,1-2H3. The molecule has 0 saturated carbocycles. The zero-order chi connectivity index (χ0) is 14.8. The second kappa shape index (κ2) is 5.87. The molecule has 5 nitrogen and oxygen atoms in total. The fraction of sp³-hybridized carbons (Fsp3) is 0.438. The van der Waals surface area contributed by atoms with Crippen molar-refractivity contribution in [3.63, 3.8) is 0 Å². The number of nitrogens with two attached hydrogens (primary N) is 1. The van der Waals surface area contributed by atoms with Crippen LogP contribution < -0.4 is 5.73 Å². The van der Waals surface area contributed by atoms with Crippen molar-refractivity contribution < 1.29 is 9.47 Å². The number of ether oxygens (including phenoxy) is 2. The van der Waals surface area contributed by atoms with Crippen LogP contribution in [0.25, 0.3) is 0 Å². The summed E-state index contributed by atoms with van der Waals surface area (Å²) in [4.78, 5) is 4.28. The molecule has 1 aliphatic carbocycles. The van der Waals surface area contributed by atoms with Crippen molar-refractivity contribution in [2.75, 3.05) is 20.0 Å². The molecule has 0 bridgehead atoms. The molecule has 1 aromatic carbocycles. The molecule has 0 amide bonds. The van der Waals surface area contributed by atoms with E-state index in [1.165, 1.54) is 11.1 Å². The fourth-order valence-corrected chi connectivity index (χ4v) is 3.19. The third kappa shape index (κ3) is 2.54. The minimum absolute atomic E-state index is 0.264. The van der Waals surface area contributed by atoms with E-state index in [2.05, 4.69) is 21.7 Å². The number of nitrogens with zero attached hydrogens (tertiary/aromatic N) is 2. The highest BCUT2D eigenvalue weighted by atomic mass is 16.7. The number of rotatable bonds is 4. The number of methoxy groups -OCH3 is 2. The summed E-state index contributed by atoms with van der Waals surface area (Å²) in [7, 11) is 3.28. The summed E-state index contributed by atoms with van der Waals surface area (Å²) in [5.74, 6) is 0. The highest BCUT2D eigenvalue weighted by Crippen LogP contribution is 2.35. The van der Waals surface area contributed by atoms with Gasteiger partial charge < -0.3 is 19.8 Å². The maximum atomic E-state index is 5.91. The molecule has 1 aromatic heterocycles. The normalized spacial score (nSPS) is 18.0. The minimum atomic E-state index is -0.397. The second-order valence-electron chi connectivity index (χ2n) is 5.40. The fourth-order valence-electron chi connectivity index (χ4n) is 3.19. The smallest absolute Gasteiger partial charge is 0.200 e. The summed E-state index contributed by atoms with van der Waals surface area (Å²) in [6.07, 6.45) is 6.58. The van der Waals surface area contributed by atoms with E-state index < -0.39 is 6.29 Å². The Balaban J connectivity index is 2.02. The maximum absolute atomic E-state index is 5.91. The predicted molar refractivity (Wildman–Crippen MR) is 80.9 cm³/mol. The SMILES string of the molecule is COC(OC)c1cncn1C1CCCc2cc(N)ccc21. The first kappa shape index (κ1) is 14.1. The van der Waals surface area contributed by atoms with Gasteiger partial charge in [0.05, 0.1) is 24.3 Å². The van der Waals surface area contributed by atoms with Gasteiger partial charge in [0.15, 0.2) is 6.29 Å². The van der Waals surface area contributed by atoms with Gasteiger partial charge in [-0.25, -0.2) is 4.98 Å².